The van der Waals surface area contributed by atoms with Crippen LogP contribution >= 0.6 is 7.82 Å². The summed E-state index contributed by atoms with van der Waals surface area (Å²) in [6.07, 6.45) is 86.0. The third kappa shape index (κ3) is 60.4. The SMILES string of the molecule is CC/C=C\C/C=C\C/C=C\C/C=C\C/C=C\C/C=C\C/C=C\CCCCCCCCCCCC(=O)NC(COP(=O)(O)OCC[N+](C)(C)C)C(O)/C=C/CC/C=C/CC/C=C/CCCCCCCCCCCCCCCC. The smallest absolute Gasteiger partial charge is 0.387 e. The molecule has 0 saturated carbocycles. The van der Waals surface area contributed by atoms with Crippen LogP contribution in [0, 0.1) is 0 Å². The largest absolute Gasteiger partial charge is 0.472 e. The molecule has 0 fully saturated rings. The third-order valence-electron chi connectivity index (χ3n) is 13.4. The van der Waals surface area contributed by atoms with E-state index >= 15 is 0 Å². The summed E-state index contributed by atoms with van der Waals surface area (Å²) >= 11 is 0. The quantitative estimate of drug-likeness (QED) is 0.0243. The van der Waals surface area contributed by atoms with Gasteiger partial charge in [-0.05, 0) is 103 Å². The van der Waals surface area contributed by atoms with E-state index in [2.05, 4.69) is 129 Å². The summed E-state index contributed by atoms with van der Waals surface area (Å²) in [7, 11) is 1.53. The maximum Gasteiger partial charge on any atom is 0.472 e. The fraction of sp³-hybridized carbons (Fsp3) is 0.691. The Morgan fingerprint density at radius 1 is 0.455 bits per heavy atom. The van der Waals surface area contributed by atoms with Crippen molar-refractivity contribution in [3.8, 4) is 0 Å². The molecule has 3 unspecified atom stereocenters. The second-order valence-electron chi connectivity index (χ2n) is 22.0. The van der Waals surface area contributed by atoms with Gasteiger partial charge in [-0.3, -0.25) is 13.8 Å². The zero-order valence-electron chi connectivity index (χ0n) is 50.4. The summed E-state index contributed by atoms with van der Waals surface area (Å²) in [5.74, 6) is -0.201. The molecule has 77 heavy (non-hydrogen) atoms. The van der Waals surface area contributed by atoms with Gasteiger partial charge in [0.1, 0.15) is 13.2 Å². The molecule has 8 nitrogen and oxygen atoms in total. The second kappa shape index (κ2) is 57.6. The molecule has 0 aromatic heterocycles. The maximum absolute atomic E-state index is 13.0. The monoisotopic (exact) mass is 1090 g/mol. The van der Waals surface area contributed by atoms with Crippen LogP contribution in [0.2, 0.25) is 0 Å². The number of nitrogens with zero attached hydrogens (tertiary/aromatic N) is 1. The van der Waals surface area contributed by atoms with Gasteiger partial charge in [0.2, 0.25) is 5.91 Å². The van der Waals surface area contributed by atoms with Crippen LogP contribution in [0.1, 0.15) is 251 Å². The fourth-order valence-electron chi connectivity index (χ4n) is 8.53. The molecule has 0 aromatic carbocycles. The van der Waals surface area contributed by atoms with Gasteiger partial charge in [-0.2, -0.15) is 0 Å². The van der Waals surface area contributed by atoms with E-state index in [1.165, 1.54) is 135 Å². The molecule has 0 saturated heterocycles. The minimum atomic E-state index is -4.37. The average Bonchev–Trinajstić information content (AvgIpc) is 3.39. The van der Waals surface area contributed by atoms with Crippen molar-refractivity contribution in [2.45, 2.75) is 264 Å². The Morgan fingerprint density at radius 2 is 0.792 bits per heavy atom. The first-order valence-corrected chi connectivity index (χ1v) is 32.9. The van der Waals surface area contributed by atoms with Gasteiger partial charge in [0.25, 0.3) is 0 Å². The van der Waals surface area contributed by atoms with E-state index in [1.54, 1.807) is 6.08 Å². The van der Waals surface area contributed by atoms with Crippen LogP contribution in [0.4, 0.5) is 0 Å². The number of allylic oxidation sites excluding steroid dienone is 19. The van der Waals surface area contributed by atoms with Gasteiger partial charge >= 0.3 is 7.82 Å². The molecule has 0 aromatic rings. The summed E-state index contributed by atoms with van der Waals surface area (Å²) in [5.41, 5.74) is 0. The van der Waals surface area contributed by atoms with Gasteiger partial charge in [-0.15, -0.1) is 0 Å². The molecule has 0 aliphatic rings. The number of carbonyl (C=O) groups is 1. The molecule has 0 aliphatic heterocycles. The summed E-state index contributed by atoms with van der Waals surface area (Å²) in [6.45, 7) is 4.67. The van der Waals surface area contributed by atoms with Crippen LogP contribution in [0.5, 0.6) is 0 Å². The lowest BCUT2D eigenvalue weighted by Crippen LogP contribution is -2.45. The number of aliphatic hydroxyl groups excluding tert-OH is 1. The number of amides is 1. The highest BCUT2D eigenvalue weighted by Crippen LogP contribution is 2.43. The lowest BCUT2D eigenvalue weighted by Gasteiger charge is -2.25. The number of carbonyl (C=O) groups excluding carboxylic acids is 1. The molecular weight excluding hydrogens is 972 g/mol. The summed E-state index contributed by atoms with van der Waals surface area (Å²) in [6, 6.07) is -0.883. The lowest BCUT2D eigenvalue weighted by atomic mass is 10.0. The Morgan fingerprint density at radius 3 is 1.19 bits per heavy atom. The Balaban J connectivity index is 4.27. The van der Waals surface area contributed by atoms with Crippen molar-refractivity contribution in [2.24, 2.45) is 0 Å². The number of phosphoric ester groups is 1. The molecule has 0 heterocycles. The van der Waals surface area contributed by atoms with Gasteiger partial charge in [0, 0.05) is 6.42 Å². The van der Waals surface area contributed by atoms with Crippen molar-refractivity contribution in [3.05, 3.63) is 122 Å². The molecule has 0 bridgehead atoms. The molecule has 0 aliphatic carbocycles. The Labute approximate surface area is 475 Å². The van der Waals surface area contributed by atoms with E-state index in [4.69, 9.17) is 9.05 Å². The highest BCUT2D eigenvalue weighted by atomic mass is 31.2. The highest BCUT2D eigenvalue weighted by Gasteiger charge is 2.27. The van der Waals surface area contributed by atoms with Gasteiger partial charge in [-0.25, -0.2) is 4.57 Å². The van der Waals surface area contributed by atoms with E-state index in [0.29, 0.717) is 17.4 Å². The van der Waals surface area contributed by atoms with Crippen LogP contribution < -0.4 is 5.32 Å². The number of hydrogen-bond donors (Lipinski definition) is 3. The molecule has 0 spiro atoms. The van der Waals surface area contributed by atoms with Crippen molar-refractivity contribution in [1.29, 1.82) is 0 Å². The zero-order chi connectivity index (χ0) is 56.3. The van der Waals surface area contributed by atoms with Gasteiger partial charge in [0.15, 0.2) is 0 Å². The Hall–Kier alpha value is -3.10. The predicted molar refractivity (Wildman–Crippen MR) is 336 cm³/mol. The standard InChI is InChI=1S/C68H119N2O6P/c1-6-8-10-12-14-16-18-20-22-24-26-28-30-32-33-34-35-36-37-38-40-42-44-46-48-50-52-54-56-58-60-62-68(72)69-66(65-76-77(73,74)75-64-63-70(3,4)5)67(71)61-59-57-55-53-51-49-47-45-43-41-39-31-29-27-25-23-21-19-17-15-13-11-9-7-2/h8,10,14,16,20,22,26,28,32-33,35-36,38,40,43,45,51,53,59,61,66-67,71H,6-7,9,11-13,15,17-19,21,23-25,27,29-31,34,37,39,41-42,44,46-50,52,54-58,60,62-65H2,1-5H3,(H-,69,72,73,74)/p+1/b10-8-,16-14-,22-20-,28-26-,33-32-,36-35-,40-38-,45-43+,53-51+,61-59+. The molecule has 3 N–H and O–H groups in total. The third-order valence-corrected chi connectivity index (χ3v) is 14.4. The zero-order valence-corrected chi connectivity index (χ0v) is 51.3. The van der Waals surface area contributed by atoms with Crippen LogP contribution in [0.25, 0.3) is 0 Å². The normalized spacial score (nSPS) is 14.6. The average molecular weight is 1090 g/mol. The van der Waals surface area contributed by atoms with Gasteiger partial charge < -0.3 is 19.8 Å². The van der Waals surface area contributed by atoms with E-state index < -0.39 is 20.0 Å². The van der Waals surface area contributed by atoms with Crippen molar-refractivity contribution in [1.82, 2.24) is 5.32 Å². The Bertz CT molecular complexity index is 1670. The lowest BCUT2D eigenvalue weighted by molar-refractivity contribution is -0.870. The molecule has 0 radical (unpaired) electrons. The fourth-order valence-corrected chi connectivity index (χ4v) is 9.26. The summed E-state index contributed by atoms with van der Waals surface area (Å²) < 4.78 is 23.7. The number of phosphoric acid groups is 1. The first-order valence-electron chi connectivity index (χ1n) is 31.4. The minimum Gasteiger partial charge on any atom is -0.387 e. The summed E-state index contributed by atoms with van der Waals surface area (Å²) in [5, 5.41) is 13.9. The molecule has 442 valence electrons. The van der Waals surface area contributed by atoms with E-state index in [-0.39, 0.29) is 19.1 Å². The number of likely N-dealkylation sites (N-methyl/N-ethyl adjacent to an activating group) is 1. The second-order valence-corrected chi connectivity index (χ2v) is 23.5. The maximum atomic E-state index is 13.0. The minimum absolute atomic E-state index is 0.0462. The van der Waals surface area contributed by atoms with Crippen LogP contribution in [0.15, 0.2) is 122 Å². The molecule has 3 atom stereocenters. The number of quaternary nitrogens is 1. The first-order chi connectivity index (χ1) is 37.5. The molecular formula is C68H120N2O6P+. The number of rotatable bonds is 56. The van der Waals surface area contributed by atoms with Crippen molar-refractivity contribution >= 4 is 13.7 Å². The molecule has 0 rings (SSSR count). The van der Waals surface area contributed by atoms with E-state index in [9.17, 15) is 19.4 Å². The first kappa shape index (κ1) is 73.9. The van der Waals surface area contributed by atoms with Crippen molar-refractivity contribution in [3.63, 3.8) is 0 Å². The number of unbranched alkanes of at least 4 members (excludes halogenated alkanes) is 25. The van der Waals surface area contributed by atoms with Gasteiger partial charge in [0.05, 0.1) is 39.9 Å². The topological polar surface area (TPSA) is 105 Å². The van der Waals surface area contributed by atoms with Crippen molar-refractivity contribution < 1.29 is 32.9 Å². The van der Waals surface area contributed by atoms with Crippen molar-refractivity contribution in [2.75, 3.05) is 40.9 Å². The number of aliphatic hydroxyl groups is 1. The highest BCUT2D eigenvalue weighted by molar-refractivity contribution is 7.47. The van der Waals surface area contributed by atoms with Gasteiger partial charge in [-0.1, -0.05) is 264 Å². The number of nitrogens with one attached hydrogen (secondary N) is 1. The number of hydrogen-bond acceptors (Lipinski definition) is 5. The van der Waals surface area contributed by atoms with E-state index in [0.717, 1.165) is 96.3 Å². The van der Waals surface area contributed by atoms with E-state index in [1.807, 2.05) is 27.2 Å². The molecule has 9 heteroatoms. The summed E-state index contributed by atoms with van der Waals surface area (Å²) in [4.78, 5) is 23.4. The Kier molecular flexibility index (Phi) is 55.3. The van der Waals surface area contributed by atoms with Crippen LogP contribution in [-0.2, 0) is 18.4 Å². The van der Waals surface area contributed by atoms with Crippen LogP contribution in [0.3, 0.4) is 0 Å². The molecule has 1 amide bonds. The predicted octanol–water partition coefficient (Wildman–Crippen LogP) is 19.7. The van der Waals surface area contributed by atoms with Crippen LogP contribution in [-0.4, -0.2) is 73.4 Å².